The van der Waals surface area contributed by atoms with Crippen LogP contribution in [-0.2, 0) is 20.7 Å². The minimum Gasteiger partial charge on any atom is -0.496 e. The molecule has 6 nitrogen and oxygen atoms in total. The molecule has 0 heterocycles. The van der Waals surface area contributed by atoms with Crippen LogP contribution in [0.3, 0.4) is 0 Å². The number of carbonyl (C=O) groups excluding carboxylic acids is 2. The van der Waals surface area contributed by atoms with Crippen LogP contribution in [0, 0.1) is 0 Å². The summed E-state index contributed by atoms with van der Waals surface area (Å²) in [5.74, 6) is -0.173. The highest BCUT2D eigenvalue weighted by molar-refractivity contribution is 6.06. The zero-order valence-corrected chi connectivity index (χ0v) is 13.5. The smallest absolute Gasteiger partial charge is 0.341 e. The zero-order valence-electron chi connectivity index (χ0n) is 13.5. The minimum absolute atomic E-state index is 0.0650. The van der Waals surface area contributed by atoms with Crippen LogP contribution in [0.5, 0.6) is 11.5 Å². The number of hydrogen-bond donors (Lipinski definition) is 0. The number of methoxy groups -OCH3 is 4. The molecule has 23 heavy (non-hydrogen) atoms. The summed E-state index contributed by atoms with van der Waals surface area (Å²) >= 11 is 0. The van der Waals surface area contributed by atoms with Crippen LogP contribution in [0.25, 0.3) is 10.8 Å². The van der Waals surface area contributed by atoms with Gasteiger partial charge in [0.25, 0.3) is 0 Å². The Kier molecular flexibility index (Phi) is 5.05. The number of rotatable bonds is 5. The fourth-order valence-corrected chi connectivity index (χ4v) is 2.51. The third kappa shape index (κ3) is 3.06. The largest absolute Gasteiger partial charge is 0.496 e. The number of ether oxygens (including phenoxy) is 4. The van der Waals surface area contributed by atoms with Crippen LogP contribution >= 0.6 is 0 Å². The summed E-state index contributed by atoms with van der Waals surface area (Å²) in [6, 6.07) is 7.18. The Balaban J connectivity index is 2.84. The molecule has 0 aliphatic heterocycles. The summed E-state index contributed by atoms with van der Waals surface area (Å²) in [6.45, 7) is 0. The summed E-state index contributed by atoms with van der Waals surface area (Å²) in [4.78, 5) is 23.9. The molecule has 0 fully saturated rings. The molecule has 0 radical (unpaired) electrons. The van der Waals surface area contributed by atoms with Crippen LogP contribution < -0.4 is 9.47 Å². The average Bonchev–Trinajstić information content (AvgIpc) is 2.58. The van der Waals surface area contributed by atoms with Crippen molar-refractivity contribution >= 4 is 22.7 Å². The van der Waals surface area contributed by atoms with E-state index in [2.05, 4.69) is 0 Å². The summed E-state index contributed by atoms with van der Waals surface area (Å²) in [5.41, 5.74) is 0.665. The first-order valence-electron chi connectivity index (χ1n) is 6.89. The van der Waals surface area contributed by atoms with Gasteiger partial charge in [0, 0.05) is 0 Å². The molecule has 0 aliphatic carbocycles. The topological polar surface area (TPSA) is 71.1 Å². The maximum absolute atomic E-state index is 12.2. The summed E-state index contributed by atoms with van der Waals surface area (Å²) in [5, 5.41) is 1.43. The van der Waals surface area contributed by atoms with E-state index in [1.807, 2.05) is 12.1 Å². The Labute approximate surface area is 133 Å². The Morgan fingerprint density at radius 3 is 2.30 bits per heavy atom. The lowest BCUT2D eigenvalue weighted by Gasteiger charge is -2.16. The van der Waals surface area contributed by atoms with Gasteiger partial charge < -0.3 is 18.9 Å². The monoisotopic (exact) mass is 318 g/mol. The van der Waals surface area contributed by atoms with E-state index in [0.29, 0.717) is 22.4 Å². The van der Waals surface area contributed by atoms with Gasteiger partial charge in [0.15, 0.2) is 0 Å². The van der Waals surface area contributed by atoms with Crippen molar-refractivity contribution in [1.29, 1.82) is 0 Å². The number of benzene rings is 2. The highest BCUT2D eigenvalue weighted by Crippen LogP contribution is 2.39. The van der Waals surface area contributed by atoms with E-state index in [9.17, 15) is 9.59 Å². The molecule has 122 valence electrons. The highest BCUT2D eigenvalue weighted by Gasteiger charge is 2.24. The molecule has 0 saturated carbocycles. The van der Waals surface area contributed by atoms with Gasteiger partial charge in [-0.2, -0.15) is 0 Å². The number of esters is 2. The second-order valence-corrected chi connectivity index (χ2v) is 4.75. The van der Waals surface area contributed by atoms with Crippen molar-refractivity contribution in [2.24, 2.45) is 0 Å². The molecule has 2 aromatic carbocycles. The highest BCUT2D eigenvalue weighted by atomic mass is 16.5. The maximum atomic E-state index is 12.2. The summed E-state index contributed by atoms with van der Waals surface area (Å²) in [6.07, 6.45) is -0.0650. The second kappa shape index (κ2) is 7.00. The van der Waals surface area contributed by atoms with Gasteiger partial charge in [0.2, 0.25) is 0 Å². The molecule has 2 aromatic rings. The van der Waals surface area contributed by atoms with Crippen LogP contribution in [0.1, 0.15) is 15.9 Å². The SMILES string of the molecule is COC(=O)Cc1cc2cccc(OC)c2c(OC)c1C(=O)OC. The quantitative estimate of drug-likeness (QED) is 0.788. The molecule has 6 heteroatoms. The van der Waals surface area contributed by atoms with Crippen molar-refractivity contribution in [2.45, 2.75) is 6.42 Å². The molecule has 0 amide bonds. The van der Waals surface area contributed by atoms with Gasteiger partial charge in [0.05, 0.1) is 40.2 Å². The maximum Gasteiger partial charge on any atom is 0.341 e. The Bertz CT molecular complexity index is 750. The van der Waals surface area contributed by atoms with Crippen molar-refractivity contribution in [3.8, 4) is 11.5 Å². The van der Waals surface area contributed by atoms with E-state index in [1.54, 1.807) is 12.1 Å². The third-order valence-corrected chi connectivity index (χ3v) is 3.54. The first kappa shape index (κ1) is 16.6. The standard InChI is InChI=1S/C17H18O6/c1-20-12-7-5-6-10-8-11(9-13(18)21-2)15(17(19)23-4)16(22-3)14(10)12/h5-8H,9H2,1-4H3. The molecular weight excluding hydrogens is 300 g/mol. The lowest BCUT2D eigenvalue weighted by molar-refractivity contribution is -0.139. The molecule has 0 saturated heterocycles. The second-order valence-electron chi connectivity index (χ2n) is 4.75. The molecular formula is C17H18O6. The molecule has 0 unspecified atom stereocenters. The van der Waals surface area contributed by atoms with Crippen LogP contribution in [0.15, 0.2) is 24.3 Å². The third-order valence-electron chi connectivity index (χ3n) is 3.54. The van der Waals surface area contributed by atoms with Gasteiger partial charge in [-0.1, -0.05) is 12.1 Å². The Morgan fingerprint density at radius 2 is 1.74 bits per heavy atom. The average molecular weight is 318 g/mol. The van der Waals surface area contributed by atoms with E-state index in [0.717, 1.165) is 5.39 Å². The van der Waals surface area contributed by atoms with Crippen LogP contribution in [0.2, 0.25) is 0 Å². The summed E-state index contributed by atoms with van der Waals surface area (Å²) < 4.78 is 20.3. The van der Waals surface area contributed by atoms with Crippen LogP contribution in [0.4, 0.5) is 0 Å². The predicted molar refractivity (Wildman–Crippen MR) is 84.1 cm³/mol. The normalized spacial score (nSPS) is 10.3. The lowest BCUT2D eigenvalue weighted by Crippen LogP contribution is -2.13. The first-order chi connectivity index (χ1) is 11.1. The zero-order chi connectivity index (χ0) is 17.0. The van der Waals surface area contributed by atoms with E-state index in [4.69, 9.17) is 18.9 Å². The van der Waals surface area contributed by atoms with Gasteiger partial charge in [-0.25, -0.2) is 4.79 Å². The molecule has 0 aromatic heterocycles. The fourth-order valence-electron chi connectivity index (χ4n) is 2.51. The van der Waals surface area contributed by atoms with Gasteiger partial charge in [0.1, 0.15) is 17.1 Å². The molecule has 0 N–H and O–H groups in total. The minimum atomic E-state index is -0.589. The van der Waals surface area contributed by atoms with E-state index in [1.165, 1.54) is 28.4 Å². The Morgan fingerprint density at radius 1 is 1.00 bits per heavy atom. The molecule has 2 rings (SSSR count). The van der Waals surface area contributed by atoms with Crippen molar-refractivity contribution in [1.82, 2.24) is 0 Å². The van der Waals surface area contributed by atoms with E-state index >= 15 is 0 Å². The molecule has 0 spiro atoms. The van der Waals surface area contributed by atoms with E-state index in [-0.39, 0.29) is 12.0 Å². The number of carbonyl (C=O) groups is 2. The van der Waals surface area contributed by atoms with Crippen molar-refractivity contribution in [2.75, 3.05) is 28.4 Å². The lowest BCUT2D eigenvalue weighted by atomic mass is 9.96. The molecule has 0 aliphatic rings. The van der Waals surface area contributed by atoms with E-state index < -0.39 is 11.9 Å². The van der Waals surface area contributed by atoms with Gasteiger partial charge in [-0.15, -0.1) is 0 Å². The van der Waals surface area contributed by atoms with Crippen molar-refractivity contribution in [3.05, 3.63) is 35.4 Å². The summed E-state index contributed by atoms with van der Waals surface area (Å²) in [7, 11) is 5.56. The fraction of sp³-hybridized carbons (Fsp3) is 0.294. The van der Waals surface area contributed by atoms with Crippen molar-refractivity contribution < 1.29 is 28.5 Å². The Hall–Kier alpha value is -2.76. The molecule has 0 atom stereocenters. The van der Waals surface area contributed by atoms with Gasteiger partial charge in [-0.3, -0.25) is 4.79 Å². The van der Waals surface area contributed by atoms with Gasteiger partial charge >= 0.3 is 11.9 Å². The first-order valence-corrected chi connectivity index (χ1v) is 6.89. The van der Waals surface area contributed by atoms with Crippen LogP contribution in [-0.4, -0.2) is 40.4 Å². The number of fused-ring (bicyclic) bond motifs is 1. The number of hydrogen-bond acceptors (Lipinski definition) is 6. The van der Waals surface area contributed by atoms with Crippen molar-refractivity contribution in [3.63, 3.8) is 0 Å². The molecule has 0 bridgehead atoms. The van der Waals surface area contributed by atoms with Gasteiger partial charge in [-0.05, 0) is 23.1 Å². The predicted octanol–water partition coefficient (Wildman–Crippen LogP) is 2.36.